The fourth-order valence-electron chi connectivity index (χ4n) is 2.20. The summed E-state index contributed by atoms with van der Waals surface area (Å²) in [5.41, 5.74) is 5.67. The summed E-state index contributed by atoms with van der Waals surface area (Å²) in [7, 11) is 3.86. The van der Waals surface area contributed by atoms with Gasteiger partial charge in [0, 0.05) is 37.4 Å². The van der Waals surface area contributed by atoms with Gasteiger partial charge in [0.25, 0.3) is 0 Å². The molecule has 2 aromatic heterocycles. The van der Waals surface area contributed by atoms with Crippen molar-refractivity contribution in [1.29, 1.82) is 0 Å². The molecule has 0 aliphatic heterocycles. The predicted octanol–water partition coefficient (Wildman–Crippen LogP) is 3.66. The minimum Gasteiger partial charge on any atom is -0.335 e. The summed E-state index contributed by atoms with van der Waals surface area (Å²) < 4.78 is 2.06. The molecule has 0 aliphatic rings. The number of allylic oxidation sites excluding steroid dienone is 2. The number of nitrogens with zero attached hydrogens (tertiary/aromatic N) is 3. The van der Waals surface area contributed by atoms with E-state index in [0.29, 0.717) is 0 Å². The molecule has 0 atom stereocenters. The minimum absolute atomic E-state index is 0.997. The van der Waals surface area contributed by atoms with Crippen molar-refractivity contribution in [3.63, 3.8) is 0 Å². The monoisotopic (exact) mass is 255 g/mol. The SMILES string of the molecule is CC/C(C)=C\C(=NC)c1cnc2c(c1)c(C)cn2C. The molecule has 0 saturated carbocycles. The van der Waals surface area contributed by atoms with Crippen LogP contribution in [0.4, 0.5) is 0 Å². The molecule has 0 aliphatic carbocycles. The molecular weight excluding hydrogens is 234 g/mol. The standard InChI is InChI=1S/C16H21N3/c1-6-11(2)7-15(17-4)13-8-14-12(3)10-19(5)16(14)18-9-13/h7-10H,6H2,1-5H3/b11-7-,17-15?. The first-order valence-corrected chi connectivity index (χ1v) is 6.62. The zero-order chi connectivity index (χ0) is 14.0. The third kappa shape index (κ3) is 2.60. The van der Waals surface area contributed by atoms with Gasteiger partial charge < -0.3 is 4.57 Å². The van der Waals surface area contributed by atoms with Crippen LogP contribution in [0.25, 0.3) is 11.0 Å². The van der Waals surface area contributed by atoms with Gasteiger partial charge in [-0.3, -0.25) is 4.99 Å². The number of aliphatic imine (C=N–C) groups is 1. The van der Waals surface area contributed by atoms with Crippen molar-refractivity contribution >= 4 is 16.7 Å². The van der Waals surface area contributed by atoms with Crippen LogP contribution >= 0.6 is 0 Å². The average molecular weight is 255 g/mol. The first-order valence-electron chi connectivity index (χ1n) is 6.62. The highest BCUT2D eigenvalue weighted by atomic mass is 15.0. The molecule has 0 amide bonds. The van der Waals surface area contributed by atoms with Crippen LogP contribution in [0.3, 0.4) is 0 Å². The summed E-state index contributed by atoms with van der Waals surface area (Å²) in [6, 6.07) is 2.18. The van der Waals surface area contributed by atoms with Crippen molar-refractivity contribution in [1.82, 2.24) is 9.55 Å². The second-order valence-electron chi connectivity index (χ2n) is 4.97. The number of pyridine rings is 1. The van der Waals surface area contributed by atoms with Crippen LogP contribution < -0.4 is 0 Å². The van der Waals surface area contributed by atoms with E-state index in [1.165, 1.54) is 16.5 Å². The van der Waals surface area contributed by atoms with Gasteiger partial charge in [0.05, 0.1) is 5.71 Å². The Kier molecular flexibility index (Phi) is 3.84. The van der Waals surface area contributed by atoms with Gasteiger partial charge in [-0.15, -0.1) is 0 Å². The summed E-state index contributed by atoms with van der Waals surface area (Å²) in [4.78, 5) is 8.94. The molecule has 0 fully saturated rings. The zero-order valence-electron chi connectivity index (χ0n) is 12.4. The Balaban J connectivity index is 2.54. The maximum Gasteiger partial charge on any atom is 0.139 e. The molecule has 3 nitrogen and oxygen atoms in total. The average Bonchev–Trinajstić information content (AvgIpc) is 2.70. The maximum absolute atomic E-state index is 4.56. The van der Waals surface area contributed by atoms with Crippen LogP contribution in [0.1, 0.15) is 31.4 Å². The van der Waals surface area contributed by atoms with Crippen LogP contribution in [0.15, 0.2) is 35.1 Å². The first-order chi connectivity index (χ1) is 9.06. The molecule has 0 unspecified atom stereocenters. The van der Waals surface area contributed by atoms with Crippen LogP contribution in [0.5, 0.6) is 0 Å². The molecule has 0 radical (unpaired) electrons. The topological polar surface area (TPSA) is 30.2 Å². The summed E-state index contributed by atoms with van der Waals surface area (Å²) in [5.74, 6) is 0. The van der Waals surface area contributed by atoms with E-state index < -0.39 is 0 Å². The lowest BCUT2D eigenvalue weighted by Gasteiger charge is -2.04. The molecule has 3 heteroatoms. The maximum atomic E-state index is 4.56. The number of fused-ring (bicyclic) bond motifs is 1. The summed E-state index contributed by atoms with van der Waals surface area (Å²) >= 11 is 0. The van der Waals surface area contributed by atoms with Crippen LogP contribution in [0.2, 0.25) is 0 Å². The van der Waals surface area contributed by atoms with Gasteiger partial charge in [-0.2, -0.15) is 0 Å². The van der Waals surface area contributed by atoms with Crippen molar-refractivity contribution in [2.45, 2.75) is 27.2 Å². The third-order valence-electron chi connectivity index (χ3n) is 3.49. The third-order valence-corrected chi connectivity index (χ3v) is 3.49. The molecule has 0 N–H and O–H groups in total. The Morgan fingerprint density at radius 2 is 2.21 bits per heavy atom. The number of hydrogen-bond acceptors (Lipinski definition) is 2. The normalized spacial score (nSPS) is 13.3. The van der Waals surface area contributed by atoms with E-state index in [1.54, 1.807) is 0 Å². The smallest absolute Gasteiger partial charge is 0.139 e. The highest BCUT2D eigenvalue weighted by molar-refractivity contribution is 6.10. The van der Waals surface area contributed by atoms with Crippen molar-refractivity contribution in [2.24, 2.45) is 12.0 Å². The highest BCUT2D eigenvalue weighted by Crippen LogP contribution is 2.20. The van der Waals surface area contributed by atoms with E-state index in [0.717, 1.165) is 23.3 Å². The van der Waals surface area contributed by atoms with E-state index in [4.69, 9.17) is 0 Å². The number of rotatable bonds is 3. The molecule has 100 valence electrons. The van der Waals surface area contributed by atoms with Crippen molar-refractivity contribution in [3.05, 3.63) is 41.2 Å². The minimum atomic E-state index is 0.997. The van der Waals surface area contributed by atoms with Crippen molar-refractivity contribution < 1.29 is 0 Å². The van der Waals surface area contributed by atoms with Gasteiger partial charge in [-0.25, -0.2) is 4.98 Å². The Bertz CT molecular complexity index is 660. The molecular formula is C16H21N3. The van der Waals surface area contributed by atoms with Crippen LogP contribution in [-0.2, 0) is 7.05 Å². The fraction of sp³-hybridized carbons (Fsp3) is 0.375. The van der Waals surface area contributed by atoms with Crippen LogP contribution in [0, 0.1) is 6.92 Å². The molecule has 2 rings (SSSR count). The van der Waals surface area contributed by atoms with Gasteiger partial charge in [0.15, 0.2) is 0 Å². The van der Waals surface area contributed by atoms with E-state index in [1.807, 2.05) is 20.3 Å². The molecule has 0 saturated heterocycles. The van der Waals surface area contributed by atoms with Gasteiger partial charge in [-0.1, -0.05) is 12.5 Å². The molecule has 19 heavy (non-hydrogen) atoms. The Morgan fingerprint density at radius 1 is 1.47 bits per heavy atom. The van der Waals surface area contributed by atoms with Gasteiger partial charge in [0.1, 0.15) is 5.65 Å². The van der Waals surface area contributed by atoms with Crippen LogP contribution in [-0.4, -0.2) is 22.3 Å². The van der Waals surface area contributed by atoms with E-state index in [-0.39, 0.29) is 0 Å². The summed E-state index contributed by atoms with van der Waals surface area (Å²) in [6.45, 7) is 6.40. The van der Waals surface area contributed by atoms with E-state index >= 15 is 0 Å². The Hall–Kier alpha value is -1.90. The zero-order valence-corrected chi connectivity index (χ0v) is 12.4. The van der Waals surface area contributed by atoms with Gasteiger partial charge in [0.2, 0.25) is 0 Å². The number of aromatic nitrogens is 2. The number of aryl methyl sites for hydroxylation is 2. The van der Waals surface area contributed by atoms with Crippen molar-refractivity contribution in [2.75, 3.05) is 7.05 Å². The molecule has 2 aromatic rings. The summed E-state index contributed by atoms with van der Waals surface area (Å²) in [6.07, 6.45) is 7.20. The lowest BCUT2D eigenvalue weighted by Crippen LogP contribution is -1.99. The molecule has 0 aromatic carbocycles. The Morgan fingerprint density at radius 3 is 2.84 bits per heavy atom. The summed E-state index contributed by atoms with van der Waals surface area (Å²) in [5, 5.41) is 1.20. The lowest BCUT2D eigenvalue weighted by atomic mass is 10.1. The predicted molar refractivity (Wildman–Crippen MR) is 82.0 cm³/mol. The number of hydrogen-bond donors (Lipinski definition) is 0. The molecule has 2 heterocycles. The molecule has 0 bridgehead atoms. The second-order valence-corrected chi connectivity index (χ2v) is 4.97. The first kappa shape index (κ1) is 13.5. The van der Waals surface area contributed by atoms with Gasteiger partial charge in [-0.05, 0) is 38.0 Å². The van der Waals surface area contributed by atoms with E-state index in [9.17, 15) is 0 Å². The van der Waals surface area contributed by atoms with Gasteiger partial charge >= 0.3 is 0 Å². The Labute approximate surface area is 114 Å². The van der Waals surface area contributed by atoms with E-state index in [2.05, 4.69) is 53.7 Å². The fourth-order valence-corrected chi connectivity index (χ4v) is 2.20. The lowest BCUT2D eigenvalue weighted by molar-refractivity contribution is 0.944. The molecule has 0 spiro atoms. The van der Waals surface area contributed by atoms with Crippen molar-refractivity contribution in [3.8, 4) is 0 Å². The quantitative estimate of drug-likeness (QED) is 0.770. The largest absolute Gasteiger partial charge is 0.335 e. The second kappa shape index (κ2) is 5.39. The highest BCUT2D eigenvalue weighted by Gasteiger charge is 2.08.